The average molecular weight is 225 g/mol. The van der Waals surface area contributed by atoms with Gasteiger partial charge in [0.05, 0.1) is 0 Å². The Kier molecular flexibility index (Phi) is 3.88. The third kappa shape index (κ3) is 3.44. The fraction of sp³-hybridized carbons (Fsp3) is 1.00. The molecule has 0 bridgehead atoms. The number of likely N-dealkylation sites (tertiary alicyclic amines) is 1. The molecule has 3 heteroatoms. The summed E-state index contributed by atoms with van der Waals surface area (Å²) in [5.41, 5.74) is 0.321. The molecule has 0 aromatic heterocycles. The average Bonchev–Trinajstić information content (AvgIpc) is 2.20. The van der Waals surface area contributed by atoms with Crippen LogP contribution in [0.3, 0.4) is 0 Å². The number of piperidine rings is 2. The van der Waals surface area contributed by atoms with E-state index in [-0.39, 0.29) is 0 Å². The largest absolute Gasteiger partial charge is 0.312 e. The molecule has 0 saturated carbocycles. The Balaban J connectivity index is 1.76. The quantitative estimate of drug-likeness (QED) is 0.739. The number of hydrogen-bond donors (Lipinski definition) is 2. The molecule has 2 heterocycles. The fourth-order valence-corrected chi connectivity index (χ4v) is 3.03. The maximum absolute atomic E-state index is 3.87. The fourth-order valence-electron chi connectivity index (χ4n) is 3.03. The van der Waals surface area contributed by atoms with Gasteiger partial charge in [0, 0.05) is 17.6 Å². The summed E-state index contributed by atoms with van der Waals surface area (Å²) in [6.45, 7) is 8.31. The Hall–Kier alpha value is -0.120. The lowest BCUT2D eigenvalue weighted by molar-refractivity contribution is 0.190. The summed E-state index contributed by atoms with van der Waals surface area (Å²) in [7, 11) is 2.23. The highest BCUT2D eigenvalue weighted by atomic mass is 15.1. The normalized spacial score (nSPS) is 32.8. The Bertz CT molecular complexity index is 219. The van der Waals surface area contributed by atoms with Crippen LogP contribution in [0.15, 0.2) is 0 Å². The van der Waals surface area contributed by atoms with Crippen LogP contribution in [0.5, 0.6) is 0 Å². The van der Waals surface area contributed by atoms with Gasteiger partial charge in [-0.05, 0) is 66.2 Å². The SMILES string of the molecule is CN1CCC(NC2CCNC(C)(C)C2)CC1. The van der Waals surface area contributed by atoms with Crippen molar-refractivity contribution in [2.45, 2.75) is 57.2 Å². The Morgan fingerprint density at radius 2 is 1.81 bits per heavy atom. The minimum absolute atomic E-state index is 0.321. The van der Waals surface area contributed by atoms with Crippen molar-refractivity contribution in [2.24, 2.45) is 0 Å². The highest BCUT2D eigenvalue weighted by Gasteiger charge is 2.29. The van der Waals surface area contributed by atoms with Gasteiger partial charge in [0.1, 0.15) is 0 Å². The minimum Gasteiger partial charge on any atom is -0.312 e. The number of nitrogens with one attached hydrogen (secondary N) is 2. The molecule has 0 spiro atoms. The highest BCUT2D eigenvalue weighted by Crippen LogP contribution is 2.20. The van der Waals surface area contributed by atoms with Gasteiger partial charge in [-0.15, -0.1) is 0 Å². The lowest BCUT2D eigenvalue weighted by Crippen LogP contribution is -2.55. The lowest BCUT2D eigenvalue weighted by atomic mass is 9.88. The molecule has 16 heavy (non-hydrogen) atoms. The summed E-state index contributed by atoms with van der Waals surface area (Å²) in [5.74, 6) is 0. The molecule has 0 aromatic rings. The van der Waals surface area contributed by atoms with Gasteiger partial charge >= 0.3 is 0 Å². The van der Waals surface area contributed by atoms with Gasteiger partial charge in [0.2, 0.25) is 0 Å². The molecule has 3 nitrogen and oxygen atoms in total. The third-order valence-corrected chi connectivity index (χ3v) is 4.04. The molecule has 2 N–H and O–H groups in total. The molecule has 2 rings (SSSR count). The van der Waals surface area contributed by atoms with E-state index in [4.69, 9.17) is 0 Å². The van der Waals surface area contributed by atoms with Gasteiger partial charge in [0.15, 0.2) is 0 Å². The van der Waals surface area contributed by atoms with Gasteiger partial charge in [-0.25, -0.2) is 0 Å². The Morgan fingerprint density at radius 3 is 2.44 bits per heavy atom. The monoisotopic (exact) mass is 225 g/mol. The van der Waals surface area contributed by atoms with Gasteiger partial charge in [0.25, 0.3) is 0 Å². The second-order valence-electron chi connectivity index (χ2n) is 6.24. The van der Waals surface area contributed by atoms with Crippen LogP contribution in [0.2, 0.25) is 0 Å². The van der Waals surface area contributed by atoms with E-state index in [1.54, 1.807) is 0 Å². The zero-order valence-electron chi connectivity index (χ0n) is 11.1. The van der Waals surface area contributed by atoms with E-state index in [1.807, 2.05) is 0 Å². The van der Waals surface area contributed by atoms with Crippen molar-refractivity contribution in [2.75, 3.05) is 26.7 Å². The van der Waals surface area contributed by atoms with E-state index >= 15 is 0 Å². The van der Waals surface area contributed by atoms with E-state index in [2.05, 4.69) is 36.4 Å². The van der Waals surface area contributed by atoms with Gasteiger partial charge in [-0.2, -0.15) is 0 Å². The van der Waals surface area contributed by atoms with Crippen molar-refractivity contribution < 1.29 is 0 Å². The minimum atomic E-state index is 0.321. The summed E-state index contributed by atoms with van der Waals surface area (Å²) in [6.07, 6.45) is 5.19. The summed E-state index contributed by atoms with van der Waals surface area (Å²) >= 11 is 0. The topological polar surface area (TPSA) is 27.3 Å². The van der Waals surface area contributed by atoms with Crippen LogP contribution in [0.1, 0.15) is 39.5 Å². The van der Waals surface area contributed by atoms with Crippen LogP contribution in [-0.4, -0.2) is 49.2 Å². The number of rotatable bonds is 2. The van der Waals surface area contributed by atoms with Crippen LogP contribution in [0.4, 0.5) is 0 Å². The molecule has 2 aliphatic heterocycles. The van der Waals surface area contributed by atoms with Crippen molar-refractivity contribution >= 4 is 0 Å². The predicted octanol–water partition coefficient (Wildman–Crippen LogP) is 1.20. The summed E-state index contributed by atoms with van der Waals surface area (Å²) < 4.78 is 0. The molecule has 1 unspecified atom stereocenters. The van der Waals surface area contributed by atoms with Crippen LogP contribution >= 0.6 is 0 Å². The summed E-state index contributed by atoms with van der Waals surface area (Å²) in [6, 6.07) is 1.49. The zero-order chi connectivity index (χ0) is 11.6. The van der Waals surface area contributed by atoms with E-state index in [0.29, 0.717) is 5.54 Å². The molecule has 94 valence electrons. The molecule has 1 atom stereocenters. The standard InChI is InChI=1S/C13H27N3/c1-13(2)10-12(4-7-14-13)15-11-5-8-16(3)9-6-11/h11-12,14-15H,4-10H2,1-3H3. The van der Waals surface area contributed by atoms with E-state index in [1.165, 1.54) is 38.8 Å². The smallest absolute Gasteiger partial charge is 0.0139 e. The van der Waals surface area contributed by atoms with Crippen molar-refractivity contribution in [3.8, 4) is 0 Å². The first-order valence-electron chi connectivity index (χ1n) is 6.75. The van der Waals surface area contributed by atoms with Gasteiger partial charge < -0.3 is 15.5 Å². The number of nitrogens with zero attached hydrogens (tertiary/aromatic N) is 1. The Labute approximate surface area is 100.0 Å². The van der Waals surface area contributed by atoms with Crippen molar-refractivity contribution in [3.63, 3.8) is 0 Å². The Morgan fingerprint density at radius 1 is 1.12 bits per heavy atom. The van der Waals surface area contributed by atoms with E-state index < -0.39 is 0 Å². The molecular weight excluding hydrogens is 198 g/mol. The van der Waals surface area contributed by atoms with Crippen LogP contribution in [-0.2, 0) is 0 Å². The van der Waals surface area contributed by atoms with Crippen LogP contribution in [0.25, 0.3) is 0 Å². The van der Waals surface area contributed by atoms with Crippen molar-refractivity contribution in [1.29, 1.82) is 0 Å². The molecular formula is C13H27N3. The first kappa shape index (κ1) is 12.3. The molecule has 0 amide bonds. The van der Waals surface area contributed by atoms with Crippen LogP contribution < -0.4 is 10.6 Å². The van der Waals surface area contributed by atoms with E-state index in [9.17, 15) is 0 Å². The second-order valence-corrected chi connectivity index (χ2v) is 6.24. The molecule has 0 aliphatic carbocycles. The summed E-state index contributed by atoms with van der Waals surface area (Å²) in [5, 5.41) is 7.45. The maximum atomic E-state index is 3.87. The van der Waals surface area contributed by atoms with Crippen molar-refractivity contribution in [1.82, 2.24) is 15.5 Å². The lowest BCUT2D eigenvalue weighted by Gasteiger charge is -2.40. The first-order valence-corrected chi connectivity index (χ1v) is 6.75. The van der Waals surface area contributed by atoms with Crippen molar-refractivity contribution in [3.05, 3.63) is 0 Å². The van der Waals surface area contributed by atoms with Gasteiger partial charge in [-0.1, -0.05) is 0 Å². The van der Waals surface area contributed by atoms with Crippen LogP contribution in [0, 0.1) is 0 Å². The maximum Gasteiger partial charge on any atom is 0.0139 e. The third-order valence-electron chi connectivity index (χ3n) is 4.04. The molecule has 2 aliphatic rings. The molecule has 0 aromatic carbocycles. The zero-order valence-corrected chi connectivity index (χ0v) is 11.1. The molecule has 2 saturated heterocycles. The molecule has 0 radical (unpaired) electrons. The summed E-state index contributed by atoms with van der Waals surface area (Å²) in [4.78, 5) is 2.44. The number of hydrogen-bond acceptors (Lipinski definition) is 3. The van der Waals surface area contributed by atoms with E-state index in [0.717, 1.165) is 18.6 Å². The predicted molar refractivity (Wildman–Crippen MR) is 68.8 cm³/mol. The molecule has 2 fully saturated rings. The second kappa shape index (κ2) is 5.03. The van der Waals surface area contributed by atoms with Gasteiger partial charge in [-0.3, -0.25) is 0 Å². The highest BCUT2D eigenvalue weighted by molar-refractivity contribution is 4.91. The first-order chi connectivity index (χ1) is 7.55.